The van der Waals surface area contributed by atoms with Crippen LogP contribution in [0.25, 0.3) is 0 Å². The van der Waals surface area contributed by atoms with E-state index < -0.39 is 27.2 Å². The van der Waals surface area contributed by atoms with Crippen molar-refractivity contribution >= 4 is 10.1 Å². The smallest absolute Gasteiger partial charge is 0.198 e. The second-order valence-electron chi connectivity index (χ2n) is 2.59. The van der Waals surface area contributed by atoms with Gasteiger partial charge in [-0.25, -0.2) is 0 Å². The zero-order chi connectivity index (χ0) is 10.7. The maximum absolute atomic E-state index is 12.3. The highest BCUT2D eigenvalue weighted by molar-refractivity contribution is 7.89. The fourth-order valence-corrected chi connectivity index (χ4v) is 1.83. The summed E-state index contributed by atoms with van der Waals surface area (Å²) in [6.07, 6.45) is -10.3. The third-order valence-electron chi connectivity index (χ3n) is 1.81. The Balaban J connectivity index is 3.29. The van der Waals surface area contributed by atoms with Gasteiger partial charge in [0.1, 0.15) is 0 Å². The monoisotopic (exact) mass is 226 g/mol. The minimum absolute atomic E-state index is 0.119. The molecule has 0 aromatic carbocycles. The molecule has 1 aliphatic heterocycles. The number of hydrogen-bond donors (Lipinski definition) is 0. The first kappa shape index (κ1) is 10.6. The molecule has 0 amide bonds. The van der Waals surface area contributed by atoms with E-state index in [1.807, 2.05) is 0 Å². The molecule has 1 saturated heterocycles. The van der Waals surface area contributed by atoms with Gasteiger partial charge in [-0.3, -0.25) is 0 Å². The molecule has 3 nitrogen and oxygen atoms in total. The molecule has 0 spiro atoms. The van der Waals surface area contributed by atoms with Gasteiger partial charge in [0, 0.05) is 0 Å². The van der Waals surface area contributed by atoms with E-state index in [0.29, 0.717) is 0 Å². The van der Waals surface area contributed by atoms with Crippen molar-refractivity contribution in [2.45, 2.75) is 24.0 Å². The van der Waals surface area contributed by atoms with Gasteiger partial charge in [-0.15, -0.1) is 0 Å². The van der Waals surface area contributed by atoms with E-state index in [9.17, 15) is 30.4 Å². The summed E-state index contributed by atoms with van der Waals surface area (Å²) in [6.45, 7) is -0.119. The highest BCUT2D eigenvalue weighted by atomic mass is 32.2. The molecule has 78 valence electrons. The first-order valence-electron chi connectivity index (χ1n) is 2.85. The van der Waals surface area contributed by atoms with Crippen molar-refractivity contribution in [2.24, 2.45) is 0 Å². The van der Waals surface area contributed by atoms with Crippen LogP contribution in [0.2, 0.25) is 0 Å². The van der Waals surface area contributed by atoms with Crippen molar-refractivity contribution in [1.82, 2.24) is 0 Å². The van der Waals surface area contributed by atoms with E-state index in [2.05, 4.69) is 4.18 Å². The predicted octanol–water partition coefficient (Wildman–Crippen LogP) is 1.26. The van der Waals surface area contributed by atoms with Crippen LogP contribution in [0.5, 0.6) is 0 Å². The van der Waals surface area contributed by atoms with Crippen LogP contribution in [0.1, 0.15) is 6.92 Å². The van der Waals surface area contributed by atoms with Crippen LogP contribution in [0.15, 0.2) is 0 Å². The van der Waals surface area contributed by atoms with Crippen LogP contribution in [-0.4, -0.2) is 25.4 Å². The van der Waals surface area contributed by atoms with Crippen LogP contribution >= 0.6 is 0 Å². The number of halogens is 5. The SMILES string of the molecule is CC1(C(F)(F)F)C(F)(F)OS1(=O)=O. The van der Waals surface area contributed by atoms with E-state index in [-0.39, 0.29) is 6.92 Å². The first-order valence-corrected chi connectivity index (χ1v) is 4.26. The quantitative estimate of drug-likeness (QED) is 0.461. The molecular formula is C4H3F5O3S. The summed E-state index contributed by atoms with van der Waals surface area (Å²) in [5.74, 6) is 0. The van der Waals surface area contributed by atoms with E-state index in [1.54, 1.807) is 0 Å². The molecule has 0 N–H and O–H groups in total. The summed E-state index contributed by atoms with van der Waals surface area (Å²) in [6, 6.07) is 0. The Morgan fingerprint density at radius 1 is 1.23 bits per heavy atom. The largest absolute Gasteiger partial charge is 0.419 e. The van der Waals surface area contributed by atoms with E-state index in [0.717, 1.165) is 0 Å². The third-order valence-corrected chi connectivity index (χ3v) is 3.71. The molecule has 0 aliphatic carbocycles. The highest BCUT2D eigenvalue weighted by Gasteiger charge is 2.85. The Labute approximate surface area is 69.6 Å². The van der Waals surface area contributed by atoms with Gasteiger partial charge >= 0.3 is 12.3 Å². The fraction of sp³-hybridized carbons (Fsp3) is 1.00. The van der Waals surface area contributed by atoms with Crippen molar-refractivity contribution in [3.63, 3.8) is 0 Å². The van der Waals surface area contributed by atoms with Gasteiger partial charge in [-0.05, 0) is 6.92 Å². The Bertz CT molecular complexity index is 318. The molecule has 0 aromatic heterocycles. The maximum Gasteiger partial charge on any atom is 0.419 e. The van der Waals surface area contributed by atoms with E-state index in [1.165, 1.54) is 0 Å². The Kier molecular flexibility index (Phi) is 1.75. The topological polar surface area (TPSA) is 43.4 Å². The molecule has 1 rings (SSSR count). The molecule has 0 aromatic rings. The molecular weight excluding hydrogens is 223 g/mol. The van der Waals surface area contributed by atoms with Gasteiger partial charge in [0.25, 0.3) is 14.9 Å². The van der Waals surface area contributed by atoms with Gasteiger partial charge < -0.3 is 0 Å². The molecule has 0 radical (unpaired) electrons. The number of rotatable bonds is 0. The summed E-state index contributed by atoms with van der Waals surface area (Å²) in [5, 5.41) is 0. The second kappa shape index (κ2) is 2.14. The molecule has 13 heavy (non-hydrogen) atoms. The molecule has 9 heteroatoms. The van der Waals surface area contributed by atoms with Crippen molar-refractivity contribution < 1.29 is 34.6 Å². The number of hydrogen-bond acceptors (Lipinski definition) is 3. The van der Waals surface area contributed by atoms with Crippen LogP contribution in [-0.2, 0) is 14.3 Å². The van der Waals surface area contributed by atoms with Crippen molar-refractivity contribution in [3.8, 4) is 0 Å². The summed E-state index contributed by atoms with van der Waals surface area (Å²) in [4.78, 5) is 0. The molecule has 0 saturated carbocycles. The zero-order valence-corrected chi connectivity index (χ0v) is 6.84. The highest BCUT2D eigenvalue weighted by Crippen LogP contribution is 2.56. The lowest BCUT2D eigenvalue weighted by Crippen LogP contribution is -2.72. The second-order valence-corrected chi connectivity index (χ2v) is 4.48. The number of alkyl halides is 5. The molecule has 1 aliphatic rings. The van der Waals surface area contributed by atoms with E-state index in [4.69, 9.17) is 0 Å². The average Bonchev–Trinajstić information content (AvgIpc) is 1.80. The summed E-state index contributed by atoms with van der Waals surface area (Å²) < 4.78 is 79.8. The van der Waals surface area contributed by atoms with Gasteiger partial charge in [-0.1, -0.05) is 0 Å². The Morgan fingerprint density at radius 2 is 1.62 bits per heavy atom. The van der Waals surface area contributed by atoms with Crippen molar-refractivity contribution in [2.75, 3.05) is 0 Å². The third kappa shape index (κ3) is 0.997. The lowest BCUT2D eigenvalue weighted by Gasteiger charge is -2.43. The summed E-state index contributed by atoms with van der Waals surface area (Å²) >= 11 is 0. The zero-order valence-electron chi connectivity index (χ0n) is 6.02. The molecule has 0 bridgehead atoms. The fourth-order valence-electron chi connectivity index (χ4n) is 0.719. The van der Waals surface area contributed by atoms with Crippen LogP contribution in [0.3, 0.4) is 0 Å². The first-order chi connectivity index (χ1) is 5.46. The minimum atomic E-state index is -5.56. The van der Waals surface area contributed by atoms with Crippen LogP contribution in [0.4, 0.5) is 22.0 Å². The van der Waals surface area contributed by atoms with Gasteiger partial charge in [-0.2, -0.15) is 34.6 Å². The summed E-state index contributed by atoms with van der Waals surface area (Å²) in [7, 11) is -5.26. The van der Waals surface area contributed by atoms with Crippen molar-refractivity contribution in [3.05, 3.63) is 0 Å². The molecule has 1 unspecified atom stereocenters. The van der Waals surface area contributed by atoms with Gasteiger partial charge in [0.05, 0.1) is 0 Å². The Hall–Kier alpha value is -0.440. The normalized spacial score (nSPS) is 36.8. The van der Waals surface area contributed by atoms with Crippen molar-refractivity contribution in [1.29, 1.82) is 0 Å². The van der Waals surface area contributed by atoms with Crippen LogP contribution < -0.4 is 0 Å². The standard InChI is InChI=1S/C4H3F5O3S/c1-2(3(5,6)7)4(8,9)12-13(2,10)11/h1H3. The average molecular weight is 226 g/mol. The molecule has 1 atom stereocenters. The Morgan fingerprint density at radius 3 is 1.69 bits per heavy atom. The lowest BCUT2D eigenvalue weighted by atomic mass is 10.1. The van der Waals surface area contributed by atoms with E-state index >= 15 is 0 Å². The van der Waals surface area contributed by atoms with Crippen LogP contribution in [0, 0.1) is 0 Å². The molecule has 1 fully saturated rings. The van der Waals surface area contributed by atoms with Gasteiger partial charge in [0.2, 0.25) is 0 Å². The molecule has 1 heterocycles. The lowest BCUT2D eigenvalue weighted by molar-refractivity contribution is -0.315. The summed E-state index contributed by atoms with van der Waals surface area (Å²) in [5.41, 5.74) is 0. The maximum atomic E-state index is 12.3. The minimum Gasteiger partial charge on any atom is -0.198 e. The predicted molar refractivity (Wildman–Crippen MR) is 29.4 cm³/mol. The van der Waals surface area contributed by atoms with Gasteiger partial charge in [0.15, 0.2) is 0 Å².